The molecular formula is C19H25FN2O3. The number of halogens is 1. The molecule has 2 aliphatic rings. The maximum Gasteiger partial charge on any atom is 0.251 e. The van der Waals surface area contributed by atoms with E-state index in [1.54, 1.807) is 12.1 Å². The van der Waals surface area contributed by atoms with Crippen molar-refractivity contribution in [3.8, 4) is 5.75 Å². The van der Waals surface area contributed by atoms with Gasteiger partial charge in [-0.2, -0.15) is 0 Å². The summed E-state index contributed by atoms with van der Waals surface area (Å²) in [5.41, 5.74) is 6.21. The summed E-state index contributed by atoms with van der Waals surface area (Å²) in [7, 11) is 0. The second-order valence-corrected chi connectivity index (χ2v) is 7.35. The van der Waals surface area contributed by atoms with E-state index in [0.29, 0.717) is 17.2 Å². The van der Waals surface area contributed by atoms with Crippen LogP contribution in [0.25, 0.3) is 0 Å². The quantitative estimate of drug-likeness (QED) is 0.720. The van der Waals surface area contributed by atoms with Gasteiger partial charge in [-0.15, -0.1) is 0 Å². The van der Waals surface area contributed by atoms with Crippen LogP contribution in [0, 0.1) is 5.92 Å². The molecule has 1 aromatic carbocycles. The normalized spacial score (nSPS) is 19.1. The van der Waals surface area contributed by atoms with Crippen LogP contribution in [0.3, 0.4) is 0 Å². The summed E-state index contributed by atoms with van der Waals surface area (Å²) in [6.45, 7) is 1.28. The lowest BCUT2D eigenvalue weighted by Gasteiger charge is -2.30. The fourth-order valence-corrected chi connectivity index (χ4v) is 3.39. The monoisotopic (exact) mass is 348 g/mol. The van der Waals surface area contributed by atoms with Crippen LogP contribution in [0.1, 0.15) is 60.9 Å². The maximum absolute atomic E-state index is 12.7. The SMILES string of the molecule is CC(CC(N)=O)(NC(=O)c1ccc(C2CC2)c(OCCF)c1)C1CC1. The summed E-state index contributed by atoms with van der Waals surface area (Å²) in [6, 6.07) is 5.34. The number of ether oxygens (including phenoxy) is 1. The van der Waals surface area contributed by atoms with Crippen LogP contribution in [0.15, 0.2) is 18.2 Å². The minimum absolute atomic E-state index is 0.0216. The number of hydrogen-bond donors (Lipinski definition) is 2. The Morgan fingerprint density at radius 3 is 2.60 bits per heavy atom. The third kappa shape index (κ3) is 4.30. The lowest BCUT2D eigenvalue weighted by molar-refractivity contribution is -0.119. The second-order valence-electron chi connectivity index (χ2n) is 7.35. The van der Waals surface area contributed by atoms with Gasteiger partial charge in [0.05, 0.1) is 0 Å². The number of rotatable bonds is 9. The number of alkyl halides is 1. The van der Waals surface area contributed by atoms with E-state index >= 15 is 0 Å². The third-order valence-corrected chi connectivity index (χ3v) is 5.05. The van der Waals surface area contributed by atoms with Crippen molar-refractivity contribution in [2.24, 2.45) is 11.7 Å². The average Bonchev–Trinajstić information content (AvgIpc) is 3.43. The summed E-state index contributed by atoms with van der Waals surface area (Å²) in [6.07, 6.45) is 4.27. The van der Waals surface area contributed by atoms with Crippen LogP contribution in [0.4, 0.5) is 4.39 Å². The van der Waals surface area contributed by atoms with Crippen molar-refractivity contribution in [3.05, 3.63) is 29.3 Å². The Labute approximate surface area is 147 Å². The van der Waals surface area contributed by atoms with Crippen LogP contribution < -0.4 is 15.8 Å². The molecule has 0 spiro atoms. The largest absolute Gasteiger partial charge is 0.491 e. The molecule has 0 bridgehead atoms. The number of nitrogens with two attached hydrogens (primary N) is 1. The van der Waals surface area contributed by atoms with Gasteiger partial charge in [-0.25, -0.2) is 4.39 Å². The Balaban J connectivity index is 1.77. The van der Waals surface area contributed by atoms with E-state index < -0.39 is 18.1 Å². The third-order valence-electron chi connectivity index (χ3n) is 5.05. The van der Waals surface area contributed by atoms with E-state index in [0.717, 1.165) is 31.2 Å². The lowest BCUT2D eigenvalue weighted by Crippen LogP contribution is -2.50. The highest BCUT2D eigenvalue weighted by molar-refractivity contribution is 5.95. The minimum atomic E-state index is -0.627. The fraction of sp³-hybridized carbons (Fsp3) is 0.579. The van der Waals surface area contributed by atoms with Crippen molar-refractivity contribution in [1.29, 1.82) is 0 Å². The minimum Gasteiger partial charge on any atom is -0.491 e. The molecule has 3 N–H and O–H groups in total. The number of carbonyl (C=O) groups excluding carboxylic acids is 2. The Bertz CT molecular complexity index is 671. The summed E-state index contributed by atoms with van der Waals surface area (Å²) in [4.78, 5) is 24.1. The van der Waals surface area contributed by atoms with Crippen molar-refractivity contribution in [1.82, 2.24) is 5.32 Å². The van der Waals surface area contributed by atoms with E-state index in [-0.39, 0.29) is 24.9 Å². The first-order valence-corrected chi connectivity index (χ1v) is 8.86. The predicted molar refractivity (Wildman–Crippen MR) is 92.3 cm³/mol. The average molecular weight is 348 g/mol. The van der Waals surface area contributed by atoms with Crippen LogP contribution in [-0.2, 0) is 4.79 Å². The van der Waals surface area contributed by atoms with Crippen molar-refractivity contribution in [2.75, 3.05) is 13.3 Å². The molecule has 136 valence electrons. The zero-order chi connectivity index (χ0) is 18.0. The van der Waals surface area contributed by atoms with Gasteiger partial charge in [-0.1, -0.05) is 6.07 Å². The van der Waals surface area contributed by atoms with E-state index in [1.165, 1.54) is 0 Å². The molecule has 0 saturated heterocycles. The lowest BCUT2D eigenvalue weighted by atomic mass is 9.90. The number of hydrogen-bond acceptors (Lipinski definition) is 3. The number of primary amides is 1. The van der Waals surface area contributed by atoms with Gasteiger partial charge in [-0.05, 0) is 62.1 Å². The van der Waals surface area contributed by atoms with Crippen molar-refractivity contribution >= 4 is 11.8 Å². The number of amides is 2. The van der Waals surface area contributed by atoms with Gasteiger partial charge in [0, 0.05) is 17.5 Å². The molecule has 0 aromatic heterocycles. The van der Waals surface area contributed by atoms with Gasteiger partial charge in [0.1, 0.15) is 19.0 Å². The topological polar surface area (TPSA) is 81.4 Å². The van der Waals surface area contributed by atoms with Crippen LogP contribution in [0.2, 0.25) is 0 Å². The molecule has 2 aliphatic carbocycles. The van der Waals surface area contributed by atoms with Gasteiger partial charge in [0.25, 0.3) is 5.91 Å². The molecule has 0 aliphatic heterocycles. The number of benzene rings is 1. The van der Waals surface area contributed by atoms with Crippen LogP contribution in [-0.4, -0.2) is 30.6 Å². The molecule has 3 rings (SSSR count). The first-order valence-electron chi connectivity index (χ1n) is 8.86. The van der Waals surface area contributed by atoms with Crippen molar-refractivity contribution < 1.29 is 18.7 Å². The van der Waals surface area contributed by atoms with Gasteiger partial charge in [-0.3, -0.25) is 9.59 Å². The van der Waals surface area contributed by atoms with Crippen LogP contribution in [0.5, 0.6) is 5.75 Å². The molecule has 2 saturated carbocycles. The molecule has 25 heavy (non-hydrogen) atoms. The molecule has 5 nitrogen and oxygen atoms in total. The Morgan fingerprint density at radius 2 is 2.04 bits per heavy atom. The van der Waals surface area contributed by atoms with Gasteiger partial charge in [0.2, 0.25) is 5.91 Å². The highest BCUT2D eigenvalue weighted by atomic mass is 19.1. The van der Waals surface area contributed by atoms with Crippen molar-refractivity contribution in [3.63, 3.8) is 0 Å². The number of nitrogens with one attached hydrogen (secondary N) is 1. The standard InChI is InChI=1S/C19H25FN2O3/c1-19(11-17(21)23,14-5-6-14)22-18(24)13-4-7-15(12-2-3-12)16(10-13)25-9-8-20/h4,7,10,12,14H,2-3,5-6,8-9,11H2,1H3,(H2,21,23)(H,22,24). The molecule has 0 radical (unpaired) electrons. The molecule has 0 heterocycles. The first kappa shape index (κ1) is 17.7. The summed E-state index contributed by atoms with van der Waals surface area (Å²) in [5, 5.41) is 2.98. The van der Waals surface area contributed by atoms with Gasteiger partial charge < -0.3 is 15.8 Å². The molecular weight excluding hydrogens is 323 g/mol. The van der Waals surface area contributed by atoms with Gasteiger partial charge >= 0.3 is 0 Å². The molecule has 2 amide bonds. The summed E-state index contributed by atoms with van der Waals surface area (Å²) in [5.74, 6) is 0.611. The Kier molecular flexibility index (Phi) is 4.97. The van der Waals surface area contributed by atoms with Crippen LogP contribution >= 0.6 is 0 Å². The van der Waals surface area contributed by atoms with E-state index in [4.69, 9.17) is 10.5 Å². The Hall–Kier alpha value is -2.11. The molecule has 1 unspecified atom stereocenters. The zero-order valence-corrected chi connectivity index (χ0v) is 14.5. The summed E-state index contributed by atoms with van der Waals surface area (Å²) >= 11 is 0. The first-order chi connectivity index (χ1) is 11.9. The molecule has 1 atom stereocenters. The van der Waals surface area contributed by atoms with E-state index in [9.17, 15) is 14.0 Å². The molecule has 6 heteroatoms. The molecule has 2 fully saturated rings. The fourth-order valence-electron chi connectivity index (χ4n) is 3.39. The van der Waals surface area contributed by atoms with Crippen molar-refractivity contribution in [2.45, 2.75) is 50.5 Å². The van der Waals surface area contributed by atoms with Gasteiger partial charge in [0.15, 0.2) is 0 Å². The second kappa shape index (κ2) is 7.02. The maximum atomic E-state index is 12.7. The smallest absolute Gasteiger partial charge is 0.251 e. The number of carbonyl (C=O) groups is 2. The predicted octanol–water partition coefficient (Wildman–Crippen LogP) is 2.69. The van der Waals surface area contributed by atoms with E-state index in [1.807, 2.05) is 13.0 Å². The Morgan fingerprint density at radius 1 is 1.32 bits per heavy atom. The van der Waals surface area contributed by atoms with E-state index in [2.05, 4.69) is 5.32 Å². The highest BCUT2D eigenvalue weighted by Gasteiger charge is 2.43. The highest BCUT2D eigenvalue weighted by Crippen LogP contribution is 2.45. The zero-order valence-electron chi connectivity index (χ0n) is 14.5. The summed E-state index contributed by atoms with van der Waals surface area (Å²) < 4.78 is 18.0. The molecule has 1 aromatic rings.